The van der Waals surface area contributed by atoms with E-state index in [2.05, 4.69) is 20.0 Å². The lowest BCUT2D eigenvalue weighted by Crippen LogP contribution is -2.40. The maximum absolute atomic E-state index is 12.6. The Morgan fingerprint density at radius 1 is 1.30 bits per heavy atom. The molecule has 27 heavy (non-hydrogen) atoms. The highest BCUT2D eigenvalue weighted by Crippen LogP contribution is 2.21. The molecule has 2 aromatic rings. The van der Waals surface area contributed by atoms with Gasteiger partial charge in [0.15, 0.2) is 0 Å². The number of halogens is 1. The fourth-order valence-electron chi connectivity index (χ4n) is 2.69. The van der Waals surface area contributed by atoms with Crippen LogP contribution in [0.5, 0.6) is 5.88 Å². The molecule has 0 aliphatic carbocycles. The van der Waals surface area contributed by atoms with E-state index in [9.17, 15) is 13.2 Å². The standard InChI is InChI=1S/C17H19ClN4O4S/c1-10(2)6-12-9-26-15-8-14(18)20-17(21-15)22-27(24,25)13-5-3-4-11(7-13)16(23)19-12/h3-5,7-8,10,12H,6,9H2,1-2H3,(H,19,23)(H,20,21,22)/t12-/m1/s1. The Morgan fingerprint density at radius 2 is 2.07 bits per heavy atom. The lowest BCUT2D eigenvalue weighted by Gasteiger charge is -2.21. The summed E-state index contributed by atoms with van der Waals surface area (Å²) in [6.45, 7) is 4.22. The Balaban J connectivity index is 2.07. The second kappa shape index (κ2) is 7.69. The van der Waals surface area contributed by atoms with Crippen LogP contribution >= 0.6 is 11.6 Å². The van der Waals surface area contributed by atoms with Crippen LogP contribution in [0.2, 0.25) is 5.15 Å². The van der Waals surface area contributed by atoms with Gasteiger partial charge in [-0.15, -0.1) is 0 Å². The zero-order valence-corrected chi connectivity index (χ0v) is 16.3. The molecule has 10 heteroatoms. The van der Waals surface area contributed by atoms with Gasteiger partial charge >= 0.3 is 0 Å². The molecule has 0 saturated carbocycles. The summed E-state index contributed by atoms with van der Waals surface area (Å²) in [6, 6.07) is 6.83. The Morgan fingerprint density at radius 3 is 2.81 bits per heavy atom. The number of aromatic nitrogens is 2. The largest absolute Gasteiger partial charge is 0.475 e. The maximum atomic E-state index is 12.6. The Labute approximate surface area is 162 Å². The van der Waals surface area contributed by atoms with E-state index >= 15 is 0 Å². The number of nitrogens with one attached hydrogen (secondary N) is 2. The van der Waals surface area contributed by atoms with Crippen LogP contribution in [0.15, 0.2) is 35.2 Å². The second-order valence-electron chi connectivity index (χ2n) is 6.60. The lowest BCUT2D eigenvalue weighted by molar-refractivity contribution is 0.0913. The lowest BCUT2D eigenvalue weighted by atomic mass is 10.0. The molecule has 0 fully saturated rings. The number of nitrogens with zero attached hydrogens (tertiary/aromatic N) is 2. The van der Waals surface area contributed by atoms with Crippen LogP contribution in [0.4, 0.5) is 5.95 Å². The third-order valence-corrected chi connectivity index (χ3v) is 5.35. The molecule has 8 nitrogen and oxygen atoms in total. The number of amides is 1. The van der Waals surface area contributed by atoms with Crippen molar-refractivity contribution in [1.29, 1.82) is 0 Å². The van der Waals surface area contributed by atoms with E-state index in [1.807, 2.05) is 13.8 Å². The monoisotopic (exact) mass is 410 g/mol. The summed E-state index contributed by atoms with van der Waals surface area (Å²) in [5.74, 6) is -0.160. The highest BCUT2D eigenvalue weighted by Gasteiger charge is 2.22. The molecule has 2 heterocycles. The number of anilines is 1. The van der Waals surface area contributed by atoms with Crippen LogP contribution in [0.25, 0.3) is 0 Å². The van der Waals surface area contributed by atoms with Crippen molar-refractivity contribution in [3.8, 4) is 5.88 Å². The van der Waals surface area contributed by atoms with Crippen molar-refractivity contribution in [2.45, 2.75) is 31.2 Å². The van der Waals surface area contributed by atoms with Crippen molar-refractivity contribution in [2.24, 2.45) is 5.92 Å². The summed E-state index contributed by atoms with van der Waals surface area (Å²) < 4.78 is 33.1. The first kappa shape index (κ1) is 19.4. The number of hydrogen-bond acceptors (Lipinski definition) is 6. The molecule has 1 atom stereocenters. The number of hydrogen-bond donors (Lipinski definition) is 2. The SMILES string of the molecule is CC(C)C[C@@H]1COc2cc(Cl)nc(n2)NS(=O)(=O)c2cccc(c2)C(=O)N1. The van der Waals surface area contributed by atoms with E-state index < -0.39 is 10.0 Å². The fraction of sp³-hybridized carbons (Fsp3) is 0.353. The molecule has 0 unspecified atom stereocenters. The highest BCUT2D eigenvalue weighted by atomic mass is 35.5. The Hall–Kier alpha value is -2.39. The number of carbonyl (C=O) groups excluding carboxylic acids is 1. The maximum Gasteiger partial charge on any atom is 0.264 e. The summed E-state index contributed by atoms with van der Waals surface area (Å²) >= 11 is 5.96. The molecule has 3 rings (SSSR count). The van der Waals surface area contributed by atoms with Crippen LogP contribution in [-0.4, -0.2) is 36.9 Å². The van der Waals surface area contributed by atoms with Crippen LogP contribution in [0.1, 0.15) is 30.6 Å². The van der Waals surface area contributed by atoms with Gasteiger partial charge in [0.1, 0.15) is 11.8 Å². The fourth-order valence-corrected chi connectivity index (χ4v) is 3.86. The summed E-state index contributed by atoms with van der Waals surface area (Å²) in [7, 11) is -4.00. The van der Waals surface area contributed by atoms with Crippen molar-refractivity contribution >= 4 is 33.5 Å². The summed E-state index contributed by atoms with van der Waals surface area (Å²) in [6.07, 6.45) is 0.674. The number of ether oxygens (including phenoxy) is 1. The summed E-state index contributed by atoms with van der Waals surface area (Å²) in [5, 5.41) is 2.92. The van der Waals surface area contributed by atoms with Crippen molar-refractivity contribution in [3.63, 3.8) is 0 Å². The molecule has 0 saturated heterocycles. The molecule has 1 amide bonds. The van der Waals surface area contributed by atoms with Crippen molar-refractivity contribution in [1.82, 2.24) is 15.3 Å². The molecule has 0 spiro atoms. The van der Waals surface area contributed by atoms with Crippen molar-refractivity contribution in [2.75, 3.05) is 11.3 Å². The van der Waals surface area contributed by atoms with E-state index in [1.165, 1.54) is 24.3 Å². The topological polar surface area (TPSA) is 110 Å². The number of sulfonamides is 1. The van der Waals surface area contributed by atoms with Crippen molar-refractivity contribution in [3.05, 3.63) is 41.0 Å². The van der Waals surface area contributed by atoms with Gasteiger partial charge in [-0.05, 0) is 30.5 Å². The second-order valence-corrected chi connectivity index (χ2v) is 8.67. The van der Waals surface area contributed by atoms with E-state index in [1.54, 1.807) is 6.07 Å². The third kappa shape index (κ3) is 4.86. The number of fused-ring (bicyclic) bond motifs is 4. The van der Waals surface area contributed by atoms with Gasteiger partial charge in [0.05, 0.1) is 10.9 Å². The predicted octanol–water partition coefficient (Wildman–Crippen LogP) is 2.47. The number of benzene rings is 1. The van der Waals surface area contributed by atoms with E-state index in [-0.39, 0.29) is 46.0 Å². The van der Waals surface area contributed by atoms with Crippen LogP contribution in [-0.2, 0) is 10.0 Å². The molecule has 1 aromatic heterocycles. The quantitative estimate of drug-likeness (QED) is 0.736. The summed E-state index contributed by atoms with van der Waals surface area (Å²) in [4.78, 5) is 20.4. The zero-order chi connectivity index (χ0) is 19.6. The Kier molecular flexibility index (Phi) is 5.52. The van der Waals surface area contributed by atoms with Gasteiger partial charge in [0.2, 0.25) is 11.8 Å². The minimum atomic E-state index is -4.00. The van der Waals surface area contributed by atoms with Gasteiger partial charge in [0.25, 0.3) is 15.9 Å². The molecule has 144 valence electrons. The van der Waals surface area contributed by atoms with Crippen LogP contribution in [0, 0.1) is 5.92 Å². The average Bonchev–Trinajstić information content (AvgIpc) is 2.58. The highest BCUT2D eigenvalue weighted by molar-refractivity contribution is 7.92. The molecular weight excluding hydrogens is 392 g/mol. The van der Waals surface area contributed by atoms with Gasteiger partial charge in [-0.25, -0.2) is 18.1 Å². The first-order valence-corrected chi connectivity index (χ1v) is 10.2. The minimum absolute atomic E-state index is 0.0331. The average molecular weight is 411 g/mol. The first-order valence-electron chi connectivity index (χ1n) is 8.34. The zero-order valence-electron chi connectivity index (χ0n) is 14.8. The van der Waals surface area contributed by atoms with E-state index in [0.29, 0.717) is 12.3 Å². The molecule has 1 aromatic carbocycles. The first-order chi connectivity index (χ1) is 12.7. The van der Waals surface area contributed by atoms with Gasteiger partial charge in [-0.2, -0.15) is 4.98 Å². The molecule has 2 N–H and O–H groups in total. The van der Waals surface area contributed by atoms with Crippen molar-refractivity contribution < 1.29 is 17.9 Å². The predicted molar refractivity (Wildman–Crippen MR) is 100 cm³/mol. The number of rotatable bonds is 2. The van der Waals surface area contributed by atoms with E-state index in [0.717, 1.165) is 0 Å². The summed E-state index contributed by atoms with van der Waals surface area (Å²) in [5.41, 5.74) is 0.233. The molecular formula is C17H19ClN4O4S. The van der Waals surface area contributed by atoms with Gasteiger partial charge in [-0.1, -0.05) is 31.5 Å². The normalized spacial score (nSPS) is 19.0. The smallest absolute Gasteiger partial charge is 0.264 e. The molecule has 4 bridgehead atoms. The number of carbonyl (C=O) groups is 1. The molecule has 1 aliphatic heterocycles. The van der Waals surface area contributed by atoms with Crippen LogP contribution in [0.3, 0.4) is 0 Å². The Bertz CT molecular complexity index is 965. The van der Waals surface area contributed by atoms with Gasteiger partial charge in [-0.3, -0.25) is 4.79 Å². The van der Waals surface area contributed by atoms with Gasteiger partial charge in [0, 0.05) is 11.6 Å². The van der Waals surface area contributed by atoms with Crippen LogP contribution < -0.4 is 14.8 Å². The molecule has 0 radical (unpaired) electrons. The minimum Gasteiger partial charge on any atom is -0.475 e. The third-order valence-electron chi connectivity index (χ3n) is 3.83. The molecule has 1 aliphatic rings. The van der Waals surface area contributed by atoms with E-state index in [4.69, 9.17) is 16.3 Å². The van der Waals surface area contributed by atoms with Gasteiger partial charge < -0.3 is 10.1 Å².